The summed E-state index contributed by atoms with van der Waals surface area (Å²) < 4.78 is 2.45. The molecule has 1 saturated carbocycles. The van der Waals surface area contributed by atoms with Gasteiger partial charge in [-0.25, -0.2) is 4.79 Å². The Kier molecular flexibility index (Phi) is 3.68. The Bertz CT molecular complexity index is 650. The van der Waals surface area contributed by atoms with E-state index in [0.29, 0.717) is 11.6 Å². The number of hydrogen-bond acceptors (Lipinski definition) is 4. The van der Waals surface area contributed by atoms with Gasteiger partial charge in [-0.05, 0) is 64.1 Å². The minimum absolute atomic E-state index is 0.225. The third-order valence-corrected chi connectivity index (χ3v) is 4.30. The summed E-state index contributed by atoms with van der Waals surface area (Å²) in [6.07, 6.45) is 4.48. The molecular formula is C13H13IN4O2. The molecule has 1 N–H and O–H groups in total. The van der Waals surface area contributed by atoms with E-state index in [1.54, 1.807) is 16.8 Å². The van der Waals surface area contributed by atoms with Gasteiger partial charge in [0, 0.05) is 9.49 Å². The van der Waals surface area contributed by atoms with Crippen LogP contribution in [-0.2, 0) is 0 Å². The van der Waals surface area contributed by atoms with Gasteiger partial charge in [-0.1, -0.05) is 12.8 Å². The van der Waals surface area contributed by atoms with E-state index in [0.717, 1.165) is 22.2 Å². The molecule has 6 nitrogen and oxygen atoms in total. The number of nitrogens with zero attached hydrogens (tertiary/aromatic N) is 4. The van der Waals surface area contributed by atoms with Crippen LogP contribution >= 0.6 is 22.6 Å². The van der Waals surface area contributed by atoms with Gasteiger partial charge in [-0.2, -0.15) is 4.68 Å². The molecule has 0 saturated heterocycles. The normalized spacial score (nSPS) is 15.7. The number of carboxylic acid groups (broad SMARTS) is 1. The van der Waals surface area contributed by atoms with Gasteiger partial charge in [-0.3, -0.25) is 0 Å². The SMILES string of the molecule is O=C(O)c1cc(I)ccc1-n1nnnc1C1CCCC1. The summed E-state index contributed by atoms with van der Waals surface area (Å²) in [6, 6.07) is 5.26. The van der Waals surface area contributed by atoms with E-state index in [9.17, 15) is 9.90 Å². The van der Waals surface area contributed by atoms with Crippen molar-refractivity contribution in [1.82, 2.24) is 20.2 Å². The van der Waals surface area contributed by atoms with Crippen LogP contribution in [0.2, 0.25) is 0 Å². The van der Waals surface area contributed by atoms with E-state index in [2.05, 4.69) is 38.1 Å². The Morgan fingerprint density at radius 2 is 2.10 bits per heavy atom. The van der Waals surface area contributed by atoms with Crippen LogP contribution in [0, 0.1) is 3.57 Å². The van der Waals surface area contributed by atoms with E-state index in [1.165, 1.54) is 12.8 Å². The van der Waals surface area contributed by atoms with Gasteiger partial charge in [0.2, 0.25) is 0 Å². The van der Waals surface area contributed by atoms with Crippen LogP contribution in [0.5, 0.6) is 0 Å². The standard InChI is InChI=1S/C13H13IN4O2/c14-9-5-6-11(10(7-9)13(19)20)18-12(15-16-17-18)8-3-1-2-4-8/h5-8H,1-4H2,(H,19,20). The quantitative estimate of drug-likeness (QED) is 0.823. The van der Waals surface area contributed by atoms with E-state index >= 15 is 0 Å². The van der Waals surface area contributed by atoms with Crippen molar-refractivity contribution in [3.05, 3.63) is 33.2 Å². The van der Waals surface area contributed by atoms with Gasteiger partial charge >= 0.3 is 5.97 Å². The molecule has 0 radical (unpaired) electrons. The van der Waals surface area contributed by atoms with E-state index in [1.807, 2.05) is 6.07 Å². The van der Waals surface area contributed by atoms with Gasteiger partial charge in [0.05, 0.1) is 11.3 Å². The maximum absolute atomic E-state index is 11.4. The molecule has 0 unspecified atom stereocenters. The summed E-state index contributed by atoms with van der Waals surface area (Å²) in [5, 5.41) is 21.2. The average Bonchev–Trinajstić information content (AvgIpc) is 3.09. The molecule has 1 aromatic heterocycles. The maximum Gasteiger partial charge on any atom is 0.337 e. The van der Waals surface area contributed by atoms with Crippen molar-refractivity contribution in [2.24, 2.45) is 0 Å². The molecule has 0 spiro atoms. The molecule has 0 bridgehead atoms. The predicted molar refractivity (Wildman–Crippen MR) is 80.0 cm³/mol. The number of carboxylic acids is 1. The van der Waals surface area contributed by atoms with E-state index in [4.69, 9.17) is 0 Å². The fourth-order valence-corrected chi connectivity index (χ4v) is 3.16. The zero-order valence-corrected chi connectivity index (χ0v) is 12.8. The molecule has 1 fully saturated rings. The van der Waals surface area contributed by atoms with Crippen LogP contribution in [0.25, 0.3) is 5.69 Å². The minimum atomic E-state index is -0.966. The molecule has 104 valence electrons. The second-order valence-electron chi connectivity index (χ2n) is 4.90. The summed E-state index contributed by atoms with van der Waals surface area (Å²) in [6.45, 7) is 0. The fourth-order valence-electron chi connectivity index (χ4n) is 2.67. The second-order valence-corrected chi connectivity index (χ2v) is 6.14. The van der Waals surface area contributed by atoms with Crippen LogP contribution < -0.4 is 0 Å². The van der Waals surface area contributed by atoms with Crippen molar-refractivity contribution in [3.8, 4) is 5.69 Å². The Labute approximate surface area is 129 Å². The Hall–Kier alpha value is -1.51. The highest BCUT2D eigenvalue weighted by atomic mass is 127. The Morgan fingerprint density at radius 3 is 2.80 bits per heavy atom. The lowest BCUT2D eigenvalue weighted by Gasteiger charge is -2.11. The summed E-state index contributed by atoms with van der Waals surface area (Å²) >= 11 is 2.10. The molecule has 3 rings (SSSR count). The molecule has 1 aliphatic rings. The van der Waals surface area contributed by atoms with Gasteiger partial charge in [-0.15, -0.1) is 5.10 Å². The number of halogens is 1. The Morgan fingerprint density at radius 1 is 1.35 bits per heavy atom. The molecule has 0 atom stereocenters. The smallest absolute Gasteiger partial charge is 0.337 e. The topological polar surface area (TPSA) is 80.9 Å². The van der Waals surface area contributed by atoms with Crippen molar-refractivity contribution in [2.75, 3.05) is 0 Å². The molecule has 20 heavy (non-hydrogen) atoms. The minimum Gasteiger partial charge on any atom is -0.478 e. The third-order valence-electron chi connectivity index (χ3n) is 3.63. The summed E-state index contributed by atoms with van der Waals surface area (Å²) in [5.41, 5.74) is 0.758. The van der Waals surface area contributed by atoms with Crippen LogP contribution in [0.1, 0.15) is 47.8 Å². The first kappa shape index (κ1) is 13.5. The Balaban J connectivity index is 2.09. The van der Waals surface area contributed by atoms with Gasteiger partial charge < -0.3 is 5.11 Å². The van der Waals surface area contributed by atoms with Crippen LogP contribution in [0.15, 0.2) is 18.2 Å². The van der Waals surface area contributed by atoms with Crippen molar-refractivity contribution in [1.29, 1.82) is 0 Å². The second kappa shape index (κ2) is 5.47. The highest BCUT2D eigenvalue weighted by Crippen LogP contribution is 2.33. The first-order valence-corrected chi connectivity index (χ1v) is 7.56. The molecular weight excluding hydrogens is 371 g/mol. The number of aromatic nitrogens is 4. The lowest BCUT2D eigenvalue weighted by Crippen LogP contribution is -2.11. The van der Waals surface area contributed by atoms with Crippen molar-refractivity contribution < 1.29 is 9.90 Å². The number of hydrogen-bond donors (Lipinski definition) is 1. The van der Waals surface area contributed by atoms with Gasteiger partial charge in [0.15, 0.2) is 5.82 Å². The summed E-state index contributed by atoms with van der Waals surface area (Å²) in [4.78, 5) is 11.4. The lowest BCUT2D eigenvalue weighted by molar-refractivity contribution is 0.0696. The van der Waals surface area contributed by atoms with E-state index in [-0.39, 0.29) is 5.56 Å². The van der Waals surface area contributed by atoms with Gasteiger partial charge in [0.25, 0.3) is 0 Å². The summed E-state index contributed by atoms with van der Waals surface area (Å²) in [7, 11) is 0. The number of benzene rings is 1. The van der Waals surface area contributed by atoms with Crippen LogP contribution in [-0.4, -0.2) is 31.3 Å². The van der Waals surface area contributed by atoms with E-state index < -0.39 is 5.97 Å². The summed E-state index contributed by atoms with van der Waals surface area (Å²) in [5.74, 6) is 0.128. The number of aromatic carboxylic acids is 1. The molecule has 1 aromatic carbocycles. The lowest BCUT2D eigenvalue weighted by atomic mass is 10.1. The van der Waals surface area contributed by atoms with Crippen molar-refractivity contribution in [2.45, 2.75) is 31.6 Å². The molecule has 1 aliphatic carbocycles. The van der Waals surface area contributed by atoms with Gasteiger partial charge in [0.1, 0.15) is 0 Å². The first-order valence-electron chi connectivity index (χ1n) is 6.48. The molecule has 0 aliphatic heterocycles. The third kappa shape index (κ3) is 2.41. The van der Waals surface area contributed by atoms with Crippen molar-refractivity contribution >= 4 is 28.6 Å². The molecule has 0 amide bonds. The highest BCUT2D eigenvalue weighted by Gasteiger charge is 2.25. The number of carbonyl (C=O) groups is 1. The largest absolute Gasteiger partial charge is 0.478 e. The van der Waals surface area contributed by atoms with Crippen molar-refractivity contribution in [3.63, 3.8) is 0 Å². The van der Waals surface area contributed by atoms with Crippen LogP contribution in [0.4, 0.5) is 0 Å². The first-order chi connectivity index (χ1) is 9.66. The molecule has 1 heterocycles. The molecule has 7 heteroatoms. The zero-order valence-electron chi connectivity index (χ0n) is 10.7. The zero-order chi connectivity index (χ0) is 14.1. The maximum atomic E-state index is 11.4. The monoisotopic (exact) mass is 384 g/mol. The van der Waals surface area contributed by atoms with Crippen LogP contribution in [0.3, 0.4) is 0 Å². The average molecular weight is 384 g/mol. The number of tetrazole rings is 1. The number of rotatable bonds is 3. The fraction of sp³-hybridized carbons (Fsp3) is 0.385. The highest BCUT2D eigenvalue weighted by molar-refractivity contribution is 14.1. The molecule has 2 aromatic rings. The predicted octanol–water partition coefficient (Wildman–Crippen LogP) is 2.62.